The summed E-state index contributed by atoms with van der Waals surface area (Å²) in [6.07, 6.45) is 1.67. The average Bonchev–Trinajstić information content (AvgIpc) is 3.18. The third-order valence-electron chi connectivity index (χ3n) is 3.65. The highest BCUT2D eigenvalue weighted by Gasteiger charge is 2.25. The Hall–Kier alpha value is -2.30. The molecule has 1 fully saturated rings. The van der Waals surface area contributed by atoms with E-state index in [2.05, 4.69) is 15.2 Å². The van der Waals surface area contributed by atoms with Crippen LogP contribution in [0.5, 0.6) is 0 Å². The summed E-state index contributed by atoms with van der Waals surface area (Å²) in [6.45, 7) is 5.39. The highest BCUT2D eigenvalue weighted by atomic mass is 16.5. The van der Waals surface area contributed by atoms with Crippen molar-refractivity contribution in [2.45, 2.75) is 13.0 Å². The quantitative estimate of drug-likeness (QED) is 0.902. The first-order valence-corrected chi connectivity index (χ1v) is 7.24. The molecule has 1 aliphatic heterocycles. The molecule has 3 rings (SSSR count). The Bertz CT molecular complexity index is 638. The minimum Gasteiger partial charge on any atom is -0.468 e. The van der Waals surface area contributed by atoms with Crippen LogP contribution in [0.2, 0.25) is 0 Å². The Labute approximate surface area is 128 Å². The number of nitrogens with one attached hydrogen (secondary N) is 1. The third-order valence-corrected chi connectivity index (χ3v) is 3.65. The van der Waals surface area contributed by atoms with Crippen molar-refractivity contribution < 1.29 is 13.6 Å². The second-order valence-corrected chi connectivity index (χ2v) is 5.08. The predicted octanol–water partition coefficient (Wildman–Crippen LogP) is 1.93. The van der Waals surface area contributed by atoms with Crippen LogP contribution < -0.4 is 5.32 Å². The molecule has 0 unspecified atom stereocenters. The zero-order chi connectivity index (χ0) is 15.4. The van der Waals surface area contributed by atoms with Gasteiger partial charge in [-0.3, -0.25) is 4.90 Å². The minimum atomic E-state index is 0.0517. The Morgan fingerprint density at radius 1 is 1.45 bits per heavy atom. The summed E-state index contributed by atoms with van der Waals surface area (Å²) in [5, 5.41) is 12.2. The molecule has 0 spiro atoms. The molecule has 1 aliphatic rings. The van der Waals surface area contributed by atoms with Crippen molar-refractivity contribution in [2.24, 2.45) is 0 Å². The van der Waals surface area contributed by atoms with Crippen molar-refractivity contribution >= 4 is 5.88 Å². The summed E-state index contributed by atoms with van der Waals surface area (Å²) < 4.78 is 16.4. The highest BCUT2D eigenvalue weighted by Crippen LogP contribution is 2.24. The minimum absolute atomic E-state index is 0.0517. The van der Waals surface area contributed by atoms with E-state index in [4.69, 9.17) is 18.8 Å². The maximum absolute atomic E-state index is 9.07. The Morgan fingerprint density at radius 2 is 2.27 bits per heavy atom. The lowest BCUT2D eigenvalue weighted by molar-refractivity contribution is 0.0144. The van der Waals surface area contributed by atoms with Crippen LogP contribution in [0.25, 0.3) is 0 Å². The van der Waals surface area contributed by atoms with Gasteiger partial charge in [-0.2, -0.15) is 5.26 Å². The summed E-state index contributed by atoms with van der Waals surface area (Å²) >= 11 is 0. The van der Waals surface area contributed by atoms with Gasteiger partial charge in [0.25, 0.3) is 0 Å². The van der Waals surface area contributed by atoms with Crippen LogP contribution in [0.1, 0.15) is 23.4 Å². The number of ether oxygens (including phenoxy) is 1. The van der Waals surface area contributed by atoms with Gasteiger partial charge in [0.15, 0.2) is 5.89 Å². The number of morpholine rings is 1. The van der Waals surface area contributed by atoms with Crippen LogP contribution in [0.3, 0.4) is 0 Å². The lowest BCUT2D eigenvalue weighted by Gasteiger charge is -2.33. The molecule has 0 saturated carbocycles. The van der Waals surface area contributed by atoms with Crippen LogP contribution >= 0.6 is 0 Å². The van der Waals surface area contributed by atoms with E-state index >= 15 is 0 Å². The largest absolute Gasteiger partial charge is 0.468 e. The highest BCUT2D eigenvalue weighted by molar-refractivity contribution is 5.45. The zero-order valence-electron chi connectivity index (χ0n) is 12.4. The van der Waals surface area contributed by atoms with Gasteiger partial charge in [-0.25, -0.2) is 4.98 Å². The number of hydrogen-bond donors (Lipinski definition) is 1. The van der Waals surface area contributed by atoms with Gasteiger partial charge in [-0.1, -0.05) is 0 Å². The molecule has 22 heavy (non-hydrogen) atoms. The van der Waals surface area contributed by atoms with Crippen molar-refractivity contribution in [3.05, 3.63) is 35.7 Å². The van der Waals surface area contributed by atoms with E-state index in [0.717, 1.165) is 18.8 Å². The average molecular weight is 302 g/mol. The van der Waals surface area contributed by atoms with Gasteiger partial charge in [0, 0.05) is 26.6 Å². The lowest BCUT2D eigenvalue weighted by atomic mass is 10.1. The molecular formula is C15H18N4O3. The van der Waals surface area contributed by atoms with E-state index in [1.807, 2.05) is 18.2 Å². The number of anilines is 1. The van der Waals surface area contributed by atoms with Gasteiger partial charge >= 0.3 is 0 Å². The second kappa shape index (κ2) is 6.64. The van der Waals surface area contributed by atoms with Gasteiger partial charge in [0.2, 0.25) is 11.6 Å². The summed E-state index contributed by atoms with van der Waals surface area (Å²) in [5.74, 6) is 1.76. The van der Waals surface area contributed by atoms with Crippen molar-refractivity contribution in [1.82, 2.24) is 9.88 Å². The van der Waals surface area contributed by atoms with Crippen LogP contribution in [-0.2, 0) is 4.74 Å². The van der Waals surface area contributed by atoms with E-state index in [9.17, 15) is 0 Å². The standard InChI is InChI=1S/C15H18N4O3/c1-11-18-12(9-16)15(22-11)17-10-13(14-3-2-6-21-14)19-4-7-20-8-5-19/h2-3,6,13,17H,4-5,7-8,10H2,1H3/t13-/m1/s1. The fraction of sp³-hybridized carbons (Fsp3) is 0.467. The zero-order valence-corrected chi connectivity index (χ0v) is 12.4. The molecule has 0 aromatic carbocycles. The van der Waals surface area contributed by atoms with Crippen molar-refractivity contribution in [3.63, 3.8) is 0 Å². The molecule has 1 N–H and O–H groups in total. The van der Waals surface area contributed by atoms with Gasteiger partial charge in [-0.15, -0.1) is 0 Å². The molecule has 7 nitrogen and oxygen atoms in total. The van der Waals surface area contributed by atoms with Crippen molar-refractivity contribution in [3.8, 4) is 6.07 Å². The number of nitriles is 1. The SMILES string of the molecule is Cc1nc(C#N)c(NC[C@H](c2ccco2)N2CCOCC2)o1. The van der Waals surface area contributed by atoms with E-state index in [0.29, 0.717) is 31.5 Å². The Morgan fingerprint density at radius 3 is 2.95 bits per heavy atom. The van der Waals surface area contributed by atoms with Crippen molar-refractivity contribution in [1.29, 1.82) is 5.26 Å². The number of aromatic nitrogens is 1. The molecule has 1 atom stereocenters. The second-order valence-electron chi connectivity index (χ2n) is 5.08. The molecule has 0 bridgehead atoms. The van der Waals surface area contributed by atoms with Crippen molar-refractivity contribution in [2.75, 3.05) is 38.2 Å². The summed E-state index contributed by atoms with van der Waals surface area (Å²) in [6, 6.07) is 5.92. The maximum atomic E-state index is 9.07. The van der Waals surface area contributed by atoms with E-state index < -0.39 is 0 Å². The molecule has 0 amide bonds. The monoisotopic (exact) mass is 302 g/mol. The van der Waals surface area contributed by atoms with E-state index in [-0.39, 0.29) is 11.7 Å². The van der Waals surface area contributed by atoms with Crippen LogP contribution in [0.4, 0.5) is 5.88 Å². The fourth-order valence-corrected chi connectivity index (χ4v) is 2.59. The normalized spacial score (nSPS) is 17.1. The van der Waals surface area contributed by atoms with Gasteiger partial charge < -0.3 is 18.9 Å². The number of aryl methyl sites for hydroxylation is 1. The summed E-state index contributed by atoms with van der Waals surface area (Å²) in [7, 11) is 0. The first kappa shape index (κ1) is 14.6. The Balaban J connectivity index is 1.74. The van der Waals surface area contributed by atoms with E-state index in [1.165, 1.54) is 0 Å². The molecule has 2 aromatic heterocycles. The summed E-state index contributed by atoms with van der Waals surface area (Å²) in [5.41, 5.74) is 0.276. The molecule has 2 aromatic rings. The number of furan rings is 1. The molecule has 116 valence electrons. The molecule has 0 radical (unpaired) electrons. The van der Waals surface area contributed by atoms with Crippen LogP contribution in [-0.4, -0.2) is 42.7 Å². The molecule has 0 aliphatic carbocycles. The van der Waals surface area contributed by atoms with Gasteiger partial charge in [0.1, 0.15) is 11.8 Å². The smallest absolute Gasteiger partial charge is 0.232 e. The first-order chi connectivity index (χ1) is 10.8. The molecular weight excluding hydrogens is 284 g/mol. The molecule has 3 heterocycles. The first-order valence-electron chi connectivity index (χ1n) is 7.24. The van der Waals surface area contributed by atoms with Gasteiger partial charge in [-0.05, 0) is 12.1 Å². The van der Waals surface area contributed by atoms with Crippen LogP contribution in [0.15, 0.2) is 27.2 Å². The summed E-state index contributed by atoms with van der Waals surface area (Å²) in [4.78, 5) is 6.33. The Kier molecular flexibility index (Phi) is 4.42. The predicted molar refractivity (Wildman–Crippen MR) is 78.3 cm³/mol. The fourth-order valence-electron chi connectivity index (χ4n) is 2.59. The number of oxazole rings is 1. The van der Waals surface area contributed by atoms with Crippen LogP contribution in [0, 0.1) is 18.3 Å². The maximum Gasteiger partial charge on any atom is 0.232 e. The number of hydrogen-bond acceptors (Lipinski definition) is 7. The lowest BCUT2D eigenvalue weighted by Crippen LogP contribution is -2.41. The third kappa shape index (κ3) is 3.13. The number of nitrogens with zero attached hydrogens (tertiary/aromatic N) is 3. The topological polar surface area (TPSA) is 87.5 Å². The van der Waals surface area contributed by atoms with Gasteiger partial charge in [0.05, 0.1) is 25.5 Å². The van der Waals surface area contributed by atoms with E-state index in [1.54, 1.807) is 13.2 Å². The molecule has 7 heteroatoms. The molecule has 1 saturated heterocycles. The number of rotatable bonds is 5.